The molecular weight excluding hydrogens is 288 g/mol. The number of carbonyl (C=O) groups is 1. The van der Waals surface area contributed by atoms with Crippen LogP contribution in [0.4, 0.5) is 5.69 Å². The smallest absolute Gasteiger partial charge is 0.241 e. The van der Waals surface area contributed by atoms with Crippen molar-refractivity contribution in [1.82, 2.24) is 14.7 Å². The third-order valence-corrected chi connectivity index (χ3v) is 4.45. The number of rotatable bonds is 4. The van der Waals surface area contributed by atoms with Gasteiger partial charge in [-0.15, -0.1) is 0 Å². The van der Waals surface area contributed by atoms with Gasteiger partial charge in [0, 0.05) is 31.0 Å². The molecule has 1 aliphatic rings. The Balaban J connectivity index is 1.62. The molecule has 0 bridgehead atoms. The second-order valence-corrected chi connectivity index (χ2v) is 6.38. The highest BCUT2D eigenvalue weighted by Gasteiger charge is 2.29. The highest BCUT2D eigenvalue weighted by Crippen LogP contribution is 2.20. The van der Waals surface area contributed by atoms with E-state index in [9.17, 15) is 4.79 Å². The molecule has 1 aromatic carbocycles. The zero-order valence-electron chi connectivity index (χ0n) is 14.1. The summed E-state index contributed by atoms with van der Waals surface area (Å²) in [5, 5.41) is 4.40. The lowest BCUT2D eigenvalue weighted by Crippen LogP contribution is -2.55. The Hall–Kier alpha value is -2.14. The molecule has 1 saturated heterocycles. The van der Waals surface area contributed by atoms with E-state index < -0.39 is 0 Å². The molecule has 3 rings (SSSR count). The third kappa shape index (κ3) is 3.62. The van der Waals surface area contributed by atoms with Crippen LogP contribution in [0.2, 0.25) is 0 Å². The Kier molecular flexibility index (Phi) is 4.48. The quantitative estimate of drug-likeness (QED) is 0.869. The maximum Gasteiger partial charge on any atom is 0.241 e. The first-order valence-corrected chi connectivity index (χ1v) is 8.14. The van der Waals surface area contributed by atoms with E-state index in [1.165, 1.54) is 5.56 Å². The van der Waals surface area contributed by atoms with Gasteiger partial charge in [0.2, 0.25) is 5.91 Å². The predicted octanol–water partition coefficient (Wildman–Crippen LogP) is 2.24. The Morgan fingerprint density at radius 1 is 1.13 bits per heavy atom. The van der Waals surface area contributed by atoms with E-state index in [1.54, 1.807) is 0 Å². The Morgan fingerprint density at radius 3 is 2.52 bits per heavy atom. The van der Waals surface area contributed by atoms with E-state index in [0.717, 1.165) is 31.0 Å². The largest absolute Gasteiger partial charge is 0.310 e. The molecule has 1 fully saturated rings. The second-order valence-electron chi connectivity index (χ2n) is 6.38. The van der Waals surface area contributed by atoms with Crippen LogP contribution in [0.25, 0.3) is 0 Å². The highest BCUT2D eigenvalue weighted by atomic mass is 16.2. The Bertz CT molecular complexity index is 677. The highest BCUT2D eigenvalue weighted by molar-refractivity contribution is 5.95. The molecule has 0 spiro atoms. The van der Waals surface area contributed by atoms with Crippen LogP contribution in [0, 0.1) is 13.8 Å². The first-order valence-electron chi connectivity index (χ1n) is 8.14. The average Bonchev–Trinajstić information content (AvgIpc) is 2.94. The van der Waals surface area contributed by atoms with Crippen molar-refractivity contribution in [1.29, 1.82) is 0 Å². The van der Waals surface area contributed by atoms with E-state index in [2.05, 4.69) is 36.0 Å². The van der Waals surface area contributed by atoms with Crippen molar-refractivity contribution < 1.29 is 4.79 Å². The van der Waals surface area contributed by atoms with Crippen molar-refractivity contribution in [2.75, 3.05) is 24.5 Å². The summed E-state index contributed by atoms with van der Waals surface area (Å²) in [6, 6.07) is 10.5. The molecule has 1 aromatic heterocycles. The van der Waals surface area contributed by atoms with Gasteiger partial charge in [-0.3, -0.25) is 14.4 Å². The standard InChI is InChI=1S/C18H24N4O/c1-14-4-6-17(7-5-14)22-12-16(3)20(13-18(22)23)10-11-21-9-8-15(2)19-21/h4-9,16H,10-13H2,1-3H3. The number of nitrogens with zero attached hydrogens (tertiary/aromatic N) is 4. The van der Waals surface area contributed by atoms with Gasteiger partial charge in [-0.05, 0) is 39.0 Å². The molecule has 2 aromatic rings. The average molecular weight is 312 g/mol. The molecule has 0 N–H and O–H groups in total. The number of piperazine rings is 1. The molecule has 122 valence electrons. The first kappa shape index (κ1) is 15.7. The van der Waals surface area contributed by atoms with Crippen molar-refractivity contribution in [3.05, 3.63) is 47.8 Å². The molecule has 0 aliphatic carbocycles. The number of aryl methyl sites for hydroxylation is 2. The van der Waals surface area contributed by atoms with E-state index in [-0.39, 0.29) is 5.91 Å². The second kappa shape index (κ2) is 6.54. The number of amides is 1. The number of anilines is 1. The van der Waals surface area contributed by atoms with Crippen LogP contribution in [0.5, 0.6) is 0 Å². The molecule has 5 heteroatoms. The van der Waals surface area contributed by atoms with E-state index >= 15 is 0 Å². The zero-order chi connectivity index (χ0) is 16.4. The predicted molar refractivity (Wildman–Crippen MR) is 91.5 cm³/mol. The fourth-order valence-electron chi connectivity index (χ4n) is 2.99. The summed E-state index contributed by atoms with van der Waals surface area (Å²) >= 11 is 0. The Labute approximate surface area is 137 Å². The van der Waals surface area contributed by atoms with Crippen LogP contribution in [0.1, 0.15) is 18.2 Å². The minimum absolute atomic E-state index is 0.170. The van der Waals surface area contributed by atoms with Crippen molar-refractivity contribution in [3.63, 3.8) is 0 Å². The molecule has 1 aliphatic heterocycles. The summed E-state index contributed by atoms with van der Waals surface area (Å²) in [6.45, 7) is 9.09. The monoisotopic (exact) mass is 312 g/mol. The van der Waals surface area contributed by atoms with Gasteiger partial charge in [-0.1, -0.05) is 17.7 Å². The van der Waals surface area contributed by atoms with Gasteiger partial charge in [0.1, 0.15) is 0 Å². The van der Waals surface area contributed by atoms with E-state index in [0.29, 0.717) is 12.6 Å². The molecule has 0 radical (unpaired) electrons. The van der Waals surface area contributed by atoms with Gasteiger partial charge in [0.15, 0.2) is 0 Å². The number of hydrogen-bond donors (Lipinski definition) is 0. The summed E-state index contributed by atoms with van der Waals surface area (Å²) in [7, 11) is 0. The van der Waals surface area contributed by atoms with Crippen LogP contribution in [-0.4, -0.2) is 46.3 Å². The van der Waals surface area contributed by atoms with Gasteiger partial charge in [0.25, 0.3) is 0 Å². The van der Waals surface area contributed by atoms with Crippen LogP contribution < -0.4 is 4.90 Å². The molecule has 0 saturated carbocycles. The van der Waals surface area contributed by atoms with E-state index in [4.69, 9.17) is 0 Å². The number of aromatic nitrogens is 2. The van der Waals surface area contributed by atoms with Crippen LogP contribution in [0.15, 0.2) is 36.5 Å². The summed E-state index contributed by atoms with van der Waals surface area (Å²) < 4.78 is 1.94. The molecule has 5 nitrogen and oxygen atoms in total. The number of benzene rings is 1. The maximum atomic E-state index is 12.5. The van der Waals surface area contributed by atoms with Crippen molar-refractivity contribution in [2.24, 2.45) is 0 Å². The summed E-state index contributed by atoms with van der Waals surface area (Å²) in [5.74, 6) is 0.170. The lowest BCUT2D eigenvalue weighted by Gasteiger charge is -2.39. The molecule has 1 unspecified atom stereocenters. The lowest BCUT2D eigenvalue weighted by molar-refractivity contribution is -0.122. The molecule has 1 atom stereocenters. The SMILES string of the molecule is Cc1ccc(N2CC(C)N(CCn3ccc(C)n3)CC2=O)cc1. The van der Waals surface area contributed by atoms with Crippen LogP contribution in [0.3, 0.4) is 0 Å². The van der Waals surface area contributed by atoms with E-state index in [1.807, 2.05) is 40.9 Å². The topological polar surface area (TPSA) is 41.4 Å². The summed E-state index contributed by atoms with van der Waals surface area (Å²) in [6.07, 6.45) is 1.99. The molecule has 1 amide bonds. The minimum atomic E-state index is 0.170. The minimum Gasteiger partial charge on any atom is -0.310 e. The van der Waals surface area contributed by atoms with Crippen molar-refractivity contribution in [3.8, 4) is 0 Å². The molecule has 2 heterocycles. The fourth-order valence-corrected chi connectivity index (χ4v) is 2.99. The summed E-state index contributed by atoms with van der Waals surface area (Å²) in [4.78, 5) is 16.7. The first-order chi connectivity index (χ1) is 11.0. The molecule has 23 heavy (non-hydrogen) atoms. The zero-order valence-corrected chi connectivity index (χ0v) is 14.1. The van der Waals surface area contributed by atoms with Gasteiger partial charge >= 0.3 is 0 Å². The third-order valence-electron chi connectivity index (χ3n) is 4.45. The normalized spacial score (nSPS) is 19.3. The Morgan fingerprint density at radius 2 is 1.87 bits per heavy atom. The van der Waals surface area contributed by atoms with Gasteiger partial charge in [-0.25, -0.2) is 0 Å². The number of carbonyl (C=O) groups excluding carboxylic acids is 1. The van der Waals surface area contributed by atoms with Gasteiger partial charge in [-0.2, -0.15) is 5.10 Å². The summed E-state index contributed by atoms with van der Waals surface area (Å²) in [5.41, 5.74) is 3.23. The fraction of sp³-hybridized carbons (Fsp3) is 0.444. The van der Waals surface area contributed by atoms with Gasteiger partial charge in [0.05, 0.1) is 18.8 Å². The number of hydrogen-bond acceptors (Lipinski definition) is 3. The molecular formula is C18H24N4O. The van der Waals surface area contributed by atoms with Crippen LogP contribution >= 0.6 is 0 Å². The van der Waals surface area contributed by atoms with Crippen LogP contribution in [-0.2, 0) is 11.3 Å². The van der Waals surface area contributed by atoms with Crippen molar-refractivity contribution in [2.45, 2.75) is 33.4 Å². The van der Waals surface area contributed by atoms with Gasteiger partial charge < -0.3 is 4.90 Å². The maximum absolute atomic E-state index is 12.5. The lowest BCUT2D eigenvalue weighted by atomic mass is 10.1. The van der Waals surface area contributed by atoms with Crippen molar-refractivity contribution >= 4 is 11.6 Å².